The van der Waals surface area contributed by atoms with Gasteiger partial charge in [0.25, 0.3) is 15.9 Å². The van der Waals surface area contributed by atoms with E-state index in [1.54, 1.807) is 24.3 Å². The van der Waals surface area contributed by atoms with Gasteiger partial charge in [0.1, 0.15) is 22.6 Å². The van der Waals surface area contributed by atoms with Crippen molar-refractivity contribution >= 4 is 39.6 Å². The van der Waals surface area contributed by atoms with Gasteiger partial charge in [0.2, 0.25) is 5.91 Å². The van der Waals surface area contributed by atoms with Crippen LogP contribution in [0.3, 0.4) is 0 Å². The van der Waals surface area contributed by atoms with Crippen molar-refractivity contribution in [2.24, 2.45) is 5.92 Å². The number of carbonyl (C=O) groups excluding carboxylic acids is 3. The van der Waals surface area contributed by atoms with Gasteiger partial charge in [-0.1, -0.05) is 43.9 Å². The molecular weight excluding hydrogens is 614 g/mol. The molecule has 254 valence electrons. The number of nitrogens with one attached hydrogen (secondary N) is 5. The van der Waals surface area contributed by atoms with Gasteiger partial charge in [-0.3, -0.25) is 9.59 Å². The fraction of sp³-hybridized carbons (Fsp3) is 0.625. The summed E-state index contributed by atoms with van der Waals surface area (Å²) in [5.41, 5.74) is -0.996. The summed E-state index contributed by atoms with van der Waals surface area (Å²) in [6.07, 6.45) is 10.3. The first-order valence-electron chi connectivity index (χ1n) is 16.3. The number of para-hydroxylation sites is 1. The van der Waals surface area contributed by atoms with E-state index in [2.05, 4.69) is 32.6 Å². The fourth-order valence-corrected chi connectivity index (χ4v) is 7.41. The third-order valence-electron chi connectivity index (χ3n) is 8.98. The molecule has 1 aliphatic heterocycles. The van der Waals surface area contributed by atoms with E-state index in [9.17, 15) is 32.7 Å². The van der Waals surface area contributed by atoms with Gasteiger partial charge in [0, 0.05) is 12.5 Å². The predicted octanol–water partition coefficient (Wildman–Crippen LogP) is 3.18. The van der Waals surface area contributed by atoms with Gasteiger partial charge in [0.15, 0.2) is 0 Å². The SMILES string of the molecule is C=C[C@@H]1C[C@@]1(NC(=O)[C@@H]1CCCN1)C(=O)NS(=O)(=O)c1ccccc1NCCCCCCC[C@H](NC(=O)OC1CCCC1)C(=O)O. The Balaban J connectivity index is 1.19. The molecule has 2 aliphatic carbocycles. The Kier molecular flexibility index (Phi) is 12.4. The summed E-state index contributed by atoms with van der Waals surface area (Å²) >= 11 is 0. The average molecular weight is 662 g/mol. The maximum Gasteiger partial charge on any atom is 0.408 e. The summed E-state index contributed by atoms with van der Waals surface area (Å²) in [5.74, 6) is -2.57. The zero-order valence-electron chi connectivity index (χ0n) is 26.2. The highest BCUT2D eigenvalue weighted by Gasteiger charge is 2.61. The summed E-state index contributed by atoms with van der Waals surface area (Å²) in [6, 6.07) is 4.92. The van der Waals surface area contributed by atoms with E-state index in [0.29, 0.717) is 38.0 Å². The molecule has 1 saturated heterocycles. The van der Waals surface area contributed by atoms with Crippen LogP contribution in [0.1, 0.15) is 83.5 Å². The Morgan fingerprint density at radius 3 is 2.43 bits per heavy atom. The molecule has 13 nitrogen and oxygen atoms in total. The molecule has 46 heavy (non-hydrogen) atoms. The van der Waals surface area contributed by atoms with Crippen molar-refractivity contribution < 1.29 is 37.4 Å². The maximum atomic E-state index is 13.3. The Morgan fingerprint density at radius 2 is 1.76 bits per heavy atom. The monoisotopic (exact) mass is 661 g/mol. The van der Waals surface area contributed by atoms with Crippen LogP contribution >= 0.6 is 0 Å². The molecular formula is C32H47N5O8S. The lowest BCUT2D eigenvalue weighted by molar-refractivity contribution is -0.139. The normalized spacial score (nSPS) is 23.2. The molecule has 3 aliphatic rings. The quantitative estimate of drug-likeness (QED) is 0.101. The molecule has 2 saturated carbocycles. The van der Waals surface area contributed by atoms with Crippen LogP contribution in [0.4, 0.5) is 10.5 Å². The highest BCUT2D eigenvalue weighted by Crippen LogP contribution is 2.45. The molecule has 0 aromatic heterocycles. The van der Waals surface area contributed by atoms with Gasteiger partial charge >= 0.3 is 12.1 Å². The molecule has 4 rings (SSSR count). The van der Waals surface area contributed by atoms with E-state index < -0.39 is 45.6 Å². The Labute approximate surface area is 270 Å². The van der Waals surface area contributed by atoms with Crippen molar-refractivity contribution in [3.63, 3.8) is 0 Å². The highest BCUT2D eigenvalue weighted by atomic mass is 32.2. The minimum absolute atomic E-state index is 0.0724. The average Bonchev–Trinajstić information content (AvgIpc) is 3.37. The molecule has 14 heteroatoms. The minimum Gasteiger partial charge on any atom is -0.480 e. The maximum absolute atomic E-state index is 13.3. The molecule has 6 N–H and O–H groups in total. The van der Waals surface area contributed by atoms with Crippen LogP contribution in [-0.2, 0) is 29.1 Å². The lowest BCUT2D eigenvalue weighted by Crippen LogP contribution is -2.55. The molecule has 0 radical (unpaired) electrons. The lowest BCUT2D eigenvalue weighted by atomic mass is 10.1. The second-order valence-corrected chi connectivity index (χ2v) is 14.1. The summed E-state index contributed by atoms with van der Waals surface area (Å²) in [7, 11) is -4.26. The van der Waals surface area contributed by atoms with Gasteiger partial charge in [-0.05, 0) is 76.5 Å². The number of sulfonamides is 1. The summed E-state index contributed by atoms with van der Waals surface area (Å²) in [6.45, 7) is 4.93. The molecule has 0 spiro atoms. The van der Waals surface area contributed by atoms with Crippen molar-refractivity contribution in [1.82, 2.24) is 20.7 Å². The van der Waals surface area contributed by atoms with Crippen LogP contribution < -0.4 is 26.0 Å². The second kappa shape index (κ2) is 16.3. The van der Waals surface area contributed by atoms with Crippen molar-refractivity contribution in [3.8, 4) is 0 Å². The molecule has 0 bridgehead atoms. The summed E-state index contributed by atoms with van der Waals surface area (Å²) in [5, 5.41) is 20.9. The largest absolute Gasteiger partial charge is 0.480 e. The molecule has 1 aromatic carbocycles. The number of alkyl carbamates (subject to hydrolysis) is 1. The first-order chi connectivity index (χ1) is 22.1. The van der Waals surface area contributed by atoms with Crippen molar-refractivity contribution in [2.75, 3.05) is 18.4 Å². The second-order valence-electron chi connectivity index (χ2n) is 12.4. The molecule has 1 heterocycles. The summed E-state index contributed by atoms with van der Waals surface area (Å²) < 4.78 is 34.2. The highest BCUT2D eigenvalue weighted by molar-refractivity contribution is 7.90. The van der Waals surface area contributed by atoms with E-state index in [1.807, 2.05) is 0 Å². The van der Waals surface area contributed by atoms with Crippen LogP contribution in [-0.4, -0.2) is 74.2 Å². The number of hydrogen-bond acceptors (Lipinski definition) is 9. The van der Waals surface area contributed by atoms with Crippen LogP contribution in [0.15, 0.2) is 41.8 Å². The minimum atomic E-state index is -4.26. The van der Waals surface area contributed by atoms with Crippen LogP contribution in [0, 0.1) is 5.92 Å². The van der Waals surface area contributed by atoms with E-state index in [4.69, 9.17) is 4.74 Å². The Morgan fingerprint density at radius 1 is 1.04 bits per heavy atom. The van der Waals surface area contributed by atoms with Crippen LogP contribution in [0.2, 0.25) is 0 Å². The number of hydrogen-bond donors (Lipinski definition) is 6. The Hall–Kier alpha value is -3.65. The number of carboxylic acids is 1. The molecule has 3 amide bonds. The van der Waals surface area contributed by atoms with E-state index >= 15 is 0 Å². The first kappa shape index (κ1) is 35.2. The molecule has 3 fully saturated rings. The number of carboxylic acid groups (broad SMARTS) is 1. The fourth-order valence-electron chi connectivity index (χ4n) is 6.18. The number of benzene rings is 1. The van der Waals surface area contributed by atoms with Gasteiger partial charge in [-0.2, -0.15) is 0 Å². The van der Waals surface area contributed by atoms with E-state index in [1.165, 1.54) is 6.07 Å². The zero-order chi connectivity index (χ0) is 33.2. The smallest absolute Gasteiger partial charge is 0.408 e. The van der Waals surface area contributed by atoms with E-state index in [0.717, 1.165) is 57.8 Å². The van der Waals surface area contributed by atoms with Crippen molar-refractivity contribution in [3.05, 3.63) is 36.9 Å². The number of rotatable bonds is 18. The van der Waals surface area contributed by atoms with Gasteiger partial charge < -0.3 is 31.1 Å². The van der Waals surface area contributed by atoms with Crippen LogP contribution in [0.25, 0.3) is 0 Å². The summed E-state index contributed by atoms with van der Waals surface area (Å²) in [4.78, 5) is 49.6. The first-order valence-corrected chi connectivity index (χ1v) is 17.8. The van der Waals surface area contributed by atoms with Crippen molar-refractivity contribution in [2.45, 2.75) is 112 Å². The number of anilines is 1. The van der Waals surface area contributed by atoms with Crippen molar-refractivity contribution in [1.29, 1.82) is 0 Å². The number of ether oxygens (including phenoxy) is 1. The van der Waals surface area contributed by atoms with Gasteiger partial charge in [-0.15, -0.1) is 6.58 Å². The number of unbranched alkanes of at least 4 members (excludes halogenated alkanes) is 4. The standard InChI is InChI=1S/C32H47N5O8S/c1-2-22-21-32(22,36-28(38)25-17-12-20-34-25)30(41)37-46(43,44)27-18-10-9-15-24(27)33-19-11-5-3-4-6-16-26(29(39)40)35-31(42)45-23-13-7-8-14-23/h2,9-10,15,18,22-23,25-26,33-34H,1,3-8,11-14,16-17,19-21H2,(H,35,42)(H,36,38)(H,37,41)(H,39,40)/t22-,25+,26+,32+/m1/s1. The lowest BCUT2D eigenvalue weighted by Gasteiger charge is -2.21. The third kappa shape index (κ3) is 9.44. The molecule has 0 unspecified atom stereocenters. The van der Waals surface area contributed by atoms with E-state index in [-0.39, 0.29) is 29.2 Å². The van der Waals surface area contributed by atoms with Gasteiger partial charge in [-0.25, -0.2) is 22.7 Å². The number of aliphatic carboxylic acids is 1. The molecule has 4 atom stereocenters. The molecule has 1 aromatic rings. The third-order valence-corrected chi connectivity index (χ3v) is 10.4. The topological polar surface area (TPSA) is 192 Å². The van der Waals surface area contributed by atoms with Crippen LogP contribution in [0.5, 0.6) is 0 Å². The number of carbonyl (C=O) groups is 4. The predicted molar refractivity (Wildman–Crippen MR) is 171 cm³/mol. The van der Waals surface area contributed by atoms with Gasteiger partial charge in [0.05, 0.1) is 11.7 Å². The zero-order valence-corrected chi connectivity index (χ0v) is 27.0. The Bertz CT molecular complexity index is 1360. The number of amides is 3.